The number of halogens is 1. The molecule has 0 aliphatic heterocycles. The summed E-state index contributed by atoms with van der Waals surface area (Å²) in [4.78, 5) is 15.9. The summed E-state index contributed by atoms with van der Waals surface area (Å²) >= 11 is 0. The van der Waals surface area contributed by atoms with Crippen LogP contribution in [-0.4, -0.2) is 48.1 Å². The van der Waals surface area contributed by atoms with Crippen molar-refractivity contribution in [1.82, 2.24) is 0 Å². The monoisotopic (exact) mass is 598 g/mol. The smallest absolute Gasteiger partial charge is 0.325 e. The van der Waals surface area contributed by atoms with E-state index in [2.05, 4.69) is 116 Å². The van der Waals surface area contributed by atoms with E-state index in [1.54, 1.807) is 0 Å². The van der Waals surface area contributed by atoms with Crippen LogP contribution < -0.4 is 12.4 Å². The molecule has 240 valence electrons. The number of hydrogen-bond acceptors (Lipinski definition) is 1. The van der Waals surface area contributed by atoms with E-state index in [9.17, 15) is 4.57 Å². The minimum Gasteiger partial charge on any atom is -1.00 e. The van der Waals surface area contributed by atoms with Crippen LogP contribution in [0.1, 0.15) is 122 Å². The van der Waals surface area contributed by atoms with Crippen LogP contribution in [0.4, 0.5) is 0 Å². The molecule has 0 aromatic heterocycles. The highest BCUT2D eigenvalue weighted by atomic mass is 35.5. The summed E-state index contributed by atoms with van der Waals surface area (Å²) in [5.74, 6) is 1.42. The highest BCUT2D eigenvalue weighted by Gasteiger charge is 2.05. The second-order valence-corrected chi connectivity index (χ2v) is 11.0. The molecule has 0 amide bonds. The molecule has 2 atom stereocenters. The van der Waals surface area contributed by atoms with Gasteiger partial charge in [-0.25, -0.2) is 0 Å². The summed E-state index contributed by atoms with van der Waals surface area (Å²) in [6, 6.07) is 21.3. The minimum atomic E-state index is -3.65. The van der Waals surface area contributed by atoms with Crippen LogP contribution in [0.5, 0.6) is 0 Å². The Kier molecular flexibility index (Phi) is 55.2. The third kappa shape index (κ3) is 41.5. The fraction of sp³-hybridized carbons (Fsp3) is 0.636. The Morgan fingerprint density at radius 1 is 0.641 bits per heavy atom. The lowest BCUT2D eigenvalue weighted by molar-refractivity contribution is -0.868. The Morgan fingerprint density at radius 2 is 0.846 bits per heavy atom. The fourth-order valence-corrected chi connectivity index (χ4v) is 2.03. The molecule has 0 saturated carbocycles. The zero-order chi connectivity index (χ0) is 25.2. The molecule has 0 spiro atoms. The standard InChI is InChI=1S/2C10H14.C5H14N.C2H7O3P.6CH4.ClH/c2*1-3-9(2)10-7-5-4-6-8-10;1-5-6(2,3)4;1-2-6(3,4)5;;;;;;;/h2*4-9H,3H2,1-2H3;5H2,1-4H3;2H2,1H3,(H2,3,4,5);6*1H4;1H/q;;+1;;;;;;;;/p-1. The van der Waals surface area contributed by atoms with Gasteiger partial charge in [-0.2, -0.15) is 0 Å². The van der Waals surface area contributed by atoms with E-state index in [1.807, 2.05) is 0 Å². The SMILES string of the molecule is C.C.C.C.C.C.CCC(C)c1ccccc1.CCC(C)c1ccccc1.CCP(=O)(O)O.CC[N+](C)(C)C.[Cl-]. The molecule has 2 rings (SSSR count). The van der Waals surface area contributed by atoms with Crippen molar-refractivity contribution in [2.45, 2.75) is 111 Å². The van der Waals surface area contributed by atoms with Crippen molar-refractivity contribution in [3.63, 3.8) is 0 Å². The second-order valence-electron chi connectivity index (χ2n) is 9.03. The van der Waals surface area contributed by atoms with Gasteiger partial charge < -0.3 is 26.7 Å². The highest BCUT2D eigenvalue weighted by molar-refractivity contribution is 7.51. The molecular formula is C33H73ClNO3P. The summed E-state index contributed by atoms with van der Waals surface area (Å²) in [5.41, 5.74) is 2.90. The van der Waals surface area contributed by atoms with E-state index in [4.69, 9.17) is 9.79 Å². The van der Waals surface area contributed by atoms with Gasteiger partial charge in [-0.05, 0) is 42.7 Å². The maximum atomic E-state index is 9.69. The third-order valence-corrected chi connectivity index (χ3v) is 6.15. The van der Waals surface area contributed by atoms with E-state index in [-0.39, 0.29) is 63.1 Å². The topological polar surface area (TPSA) is 57.5 Å². The average molecular weight is 598 g/mol. The van der Waals surface area contributed by atoms with Gasteiger partial charge in [-0.1, -0.05) is 140 Å². The molecule has 0 fully saturated rings. The first-order valence-corrected chi connectivity index (χ1v) is 13.6. The van der Waals surface area contributed by atoms with E-state index in [0.29, 0.717) is 11.8 Å². The summed E-state index contributed by atoms with van der Waals surface area (Å²) in [6.45, 7) is 13.8. The van der Waals surface area contributed by atoms with Crippen LogP contribution in [0.3, 0.4) is 0 Å². The zero-order valence-corrected chi connectivity index (χ0v) is 24.0. The molecule has 39 heavy (non-hydrogen) atoms. The van der Waals surface area contributed by atoms with Gasteiger partial charge in [0.1, 0.15) is 0 Å². The normalized spacial score (nSPS) is 10.3. The van der Waals surface area contributed by atoms with Gasteiger partial charge in [0.25, 0.3) is 0 Å². The zero-order valence-electron chi connectivity index (χ0n) is 22.3. The second kappa shape index (κ2) is 34.9. The maximum Gasteiger partial charge on any atom is 0.325 e. The van der Waals surface area contributed by atoms with Crippen LogP contribution in [0.25, 0.3) is 0 Å². The molecule has 2 aromatic carbocycles. The number of rotatable bonds is 6. The molecule has 0 bridgehead atoms. The van der Waals surface area contributed by atoms with E-state index >= 15 is 0 Å². The fourth-order valence-electron chi connectivity index (χ4n) is 2.03. The first-order chi connectivity index (χ1) is 14.8. The van der Waals surface area contributed by atoms with Crippen LogP contribution in [0.15, 0.2) is 60.7 Å². The average Bonchev–Trinajstić information content (AvgIpc) is 2.79. The summed E-state index contributed by atoms with van der Waals surface area (Å²) in [6.07, 6.45) is 2.39. The molecule has 0 saturated heterocycles. The largest absolute Gasteiger partial charge is 1.00 e. The Morgan fingerprint density at radius 3 is 0.974 bits per heavy atom. The van der Waals surface area contributed by atoms with E-state index in [0.717, 1.165) is 4.48 Å². The first-order valence-electron chi connectivity index (χ1n) is 11.8. The molecule has 2 aromatic rings. The number of hydrogen-bond donors (Lipinski definition) is 2. The molecule has 4 nitrogen and oxygen atoms in total. The van der Waals surface area contributed by atoms with Crippen molar-refractivity contribution < 1.29 is 31.2 Å². The predicted octanol–water partition coefficient (Wildman–Crippen LogP) is 8.12. The predicted molar refractivity (Wildman–Crippen MR) is 182 cm³/mol. The van der Waals surface area contributed by atoms with Crippen LogP contribution >= 0.6 is 7.60 Å². The Hall–Kier alpha value is -1.16. The highest BCUT2D eigenvalue weighted by Crippen LogP contribution is 2.32. The summed E-state index contributed by atoms with van der Waals surface area (Å²) in [7, 11) is 2.90. The number of nitrogens with zero attached hydrogens (tertiary/aromatic N) is 1. The van der Waals surface area contributed by atoms with Crippen molar-refractivity contribution in [3.8, 4) is 0 Å². The van der Waals surface area contributed by atoms with Gasteiger partial charge in [0.05, 0.1) is 27.7 Å². The lowest BCUT2D eigenvalue weighted by atomic mass is 9.99. The van der Waals surface area contributed by atoms with Gasteiger partial charge in [-0.3, -0.25) is 4.57 Å². The van der Waals surface area contributed by atoms with Crippen molar-refractivity contribution in [3.05, 3.63) is 71.8 Å². The molecule has 0 radical (unpaired) electrons. The molecule has 0 aliphatic rings. The van der Waals surface area contributed by atoms with E-state index < -0.39 is 7.60 Å². The van der Waals surface area contributed by atoms with Gasteiger partial charge in [0.15, 0.2) is 0 Å². The van der Waals surface area contributed by atoms with Crippen LogP contribution in [0, 0.1) is 0 Å². The lowest BCUT2D eigenvalue weighted by Crippen LogP contribution is -3.00. The Balaban J connectivity index is -0.0000000425. The van der Waals surface area contributed by atoms with Crippen LogP contribution in [-0.2, 0) is 4.57 Å². The molecule has 6 heteroatoms. The van der Waals surface area contributed by atoms with Crippen molar-refractivity contribution in [2.75, 3.05) is 33.8 Å². The van der Waals surface area contributed by atoms with Crippen molar-refractivity contribution in [1.29, 1.82) is 0 Å². The molecule has 0 heterocycles. The van der Waals surface area contributed by atoms with Gasteiger partial charge in [0, 0.05) is 6.16 Å². The minimum absolute atomic E-state index is 0. The summed E-state index contributed by atoms with van der Waals surface area (Å²) in [5, 5.41) is 0. The molecular weight excluding hydrogens is 525 g/mol. The first kappa shape index (κ1) is 61.7. The Labute approximate surface area is 254 Å². The van der Waals surface area contributed by atoms with Gasteiger partial charge in [0.2, 0.25) is 0 Å². The third-order valence-electron chi connectivity index (χ3n) is 5.32. The Bertz CT molecular complexity index is 671. The maximum absolute atomic E-state index is 9.69. The molecule has 2 unspecified atom stereocenters. The van der Waals surface area contributed by atoms with Gasteiger partial charge >= 0.3 is 7.60 Å². The van der Waals surface area contributed by atoms with E-state index in [1.165, 1.54) is 37.4 Å². The quantitative estimate of drug-likeness (QED) is 0.261. The van der Waals surface area contributed by atoms with Crippen molar-refractivity contribution >= 4 is 7.60 Å². The number of quaternary nitrogens is 1. The van der Waals surface area contributed by atoms with Crippen LogP contribution in [0.2, 0.25) is 0 Å². The van der Waals surface area contributed by atoms with Crippen molar-refractivity contribution in [2.24, 2.45) is 0 Å². The van der Waals surface area contributed by atoms with Gasteiger partial charge in [-0.15, -0.1) is 0 Å². The lowest BCUT2D eigenvalue weighted by Gasteiger charge is -2.20. The number of benzene rings is 2. The molecule has 0 aliphatic carbocycles. The molecule has 2 N–H and O–H groups in total. The summed E-state index contributed by atoms with van der Waals surface area (Å²) < 4.78 is 10.8.